The summed E-state index contributed by atoms with van der Waals surface area (Å²) in [6.07, 6.45) is -4.83. The first-order valence-electron chi connectivity index (χ1n) is 8.34. The Morgan fingerprint density at radius 3 is 1.93 bits per heavy atom. The predicted octanol–water partition coefficient (Wildman–Crippen LogP) is 4.29. The second-order valence-corrected chi connectivity index (χ2v) is 6.80. The van der Waals surface area contributed by atoms with Gasteiger partial charge in [-0.05, 0) is 0 Å². The van der Waals surface area contributed by atoms with Crippen molar-refractivity contribution in [2.75, 3.05) is 16.5 Å². The number of anilines is 2. The molecule has 8 nitrogen and oxygen atoms in total. The number of hydrogen-bond donors (Lipinski definition) is 0. The minimum Gasteiger partial charge on any atom is -0.349 e. The number of hydrogen-bond acceptors (Lipinski definition) is 6. The van der Waals surface area contributed by atoms with E-state index in [0.717, 1.165) is 12.1 Å². The quantitative estimate of drug-likeness (QED) is 0.424. The van der Waals surface area contributed by atoms with Crippen molar-refractivity contribution in [2.24, 2.45) is 0 Å². The van der Waals surface area contributed by atoms with E-state index in [9.17, 15) is 37.8 Å². The van der Waals surface area contributed by atoms with Gasteiger partial charge in [-0.3, -0.25) is 20.2 Å². The number of nitro groups is 2. The van der Waals surface area contributed by atoms with Crippen LogP contribution in [0.5, 0.6) is 0 Å². The van der Waals surface area contributed by atoms with Gasteiger partial charge in [0.2, 0.25) is 0 Å². The second-order valence-electron chi connectivity index (χ2n) is 6.80. The normalized spacial score (nSPS) is 15.0. The maximum Gasteiger partial charge on any atom is 0.418 e. The van der Waals surface area contributed by atoms with Crippen molar-refractivity contribution in [3.8, 4) is 0 Å². The smallest absolute Gasteiger partial charge is 0.349 e. The summed E-state index contributed by atoms with van der Waals surface area (Å²) in [6, 6.07) is 3.88. The first-order chi connectivity index (χ1) is 13.6. The number of nitrogens with zero attached hydrogens (tertiary/aromatic N) is 4. The van der Waals surface area contributed by atoms with E-state index >= 15 is 0 Å². The maximum atomic E-state index is 13.6. The van der Waals surface area contributed by atoms with E-state index in [1.54, 1.807) is 4.90 Å². The Bertz CT molecular complexity index is 1060. The molecule has 0 unspecified atom stereocenters. The molecule has 0 aliphatic carbocycles. The van der Waals surface area contributed by atoms with Crippen molar-refractivity contribution in [1.82, 2.24) is 0 Å². The topological polar surface area (TPSA) is 92.8 Å². The number of nitro benzene ring substituents is 2. The summed E-state index contributed by atoms with van der Waals surface area (Å²) in [7, 11) is 0. The summed E-state index contributed by atoms with van der Waals surface area (Å²) in [5.41, 5.74) is -1.52. The molecule has 0 N–H and O–H groups in total. The van der Waals surface area contributed by atoms with E-state index < -0.39 is 33.9 Å². The fraction of sp³-hybridized carbons (Fsp3) is 0.294. The lowest BCUT2D eigenvalue weighted by molar-refractivity contribution is -0.385. The van der Waals surface area contributed by atoms with Crippen LogP contribution < -0.4 is 9.80 Å². The van der Waals surface area contributed by atoms with E-state index in [4.69, 9.17) is 0 Å². The number of fused-ring (bicyclic) bond motifs is 6. The predicted molar refractivity (Wildman–Crippen MR) is 93.2 cm³/mol. The fourth-order valence-electron chi connectivity index (χ4n) is 3.99. The summed E-state index contributed by atoms with van der Waals surface area (Å²) in [5.74, 6) is 0. The number of benzene rings is 2. The van der Waals surface area contributed by atoms with Crippen LogP contribution in [0.15, 0.2) is 24.3 Å². The summed E-state index contributed by atoms with van der Waals surface area (Å²) in [6.45, 7) is -1.22. The van der Waals surface area contributed by atoms with E-state index in [-0.39, 0.29) is 42.3 Å². The zero-order valence-electron chi connectivity index (χ0n) is 14.6. The molecular weight excluding hydrogens is 400 g/mol. The van der Waals surface area contributed by atoms with Gasteiger partial charge in [-0.15, -0.1) is 0 Å². The molecule has 2 aromatic carbocycles. The molecular formula is C17H12F4N4O4. The van der Waals surface area contributed by atoms with Crippen LogP contribution >= 0.6 is 0 Å². The first kappa shape index (κ1) is 18.9. The van der Waals surface area contributed by atoms with Gasteiger partial charge in [-0.25, -0.2) is 4.39 Å². The molecule has 2 aliphatic rings. The standard InChI is InChI=1S/C17H12F4N4O4/c18-5-9-1-12(24(26)27)2-10-6-23-8-22(15(9)10)7-11-3-13(25(28)29)4-14(16(11)23)17(19,20)21/h1-4H,5-8H2. The van der Waals surface area contributed by atoms with Crippen molar-refractivity contribution in [1.29, 1.82) is 0 Å². The van der Waals surface area contributed by atoms with Crippen LogP contribution in [0.2, 0.25) is 0 Å². The molecule has 0 aromatic heterocycles. The van der Waals surface area contributed by atoms with Crippen molar-refractivity contribution >= 4 is 22.7 Å². The van der Waals surface area contributed by atoms with Crippen LogP contribution in [0, 0.1) is 20.2 Å². The Labute approximate surface area is 160 Å². The van der Waals surface area contributed by atoms with Gasteiger partial charge in [0.25, 0.3) is 11.4 Å². The zero-order valence-corrected chi connectivity index (χ0v) is 14.6. The van der Waals surface area contributed by atoms with Gasteiger partial charge in [0.15, 0.2) is 0 Å². The van der Waals surface area contributed by atoms with Gasteiger partial charge in [0.05, 0.1) is 27.8 Å². The molecule has 29 heavy (non-hydrogen) atoms. The van der Waals surface area contributed by atoms with Crippen LogP contribution in [-0.4, -0.2) is 16.5 Å². The van der Waals surface area contributed by atoms with E-state index in [2.05, 4.69) is 0 Å². The van der Waals surface area contributed by atoms with E-state index in [1.807, 2.05) is 0 Å². The first-order valence-corrected chi connectivity index (χ1v) is 8.34. The molecule has 2 heterocycles. The summed E-state index contributed by atoms with van der Waals surface area (Å²) in [5, 5.41) is 22.2. The molecule has 0 spiro atoms. The molecule has 4 rings (SSSR count). The third-order valence-corrected chi connectivity index (χ3v) is 4.99. The largest absolute Gasteiger partial charge is 0.418 e. The molecule has 0 radical (unpaired) electrons. The number of alkyl halides is 4. The highest BCUT2D eigenvalue weighted by atomic mass is 19.4. The van der Waals surface area contributed by atoms with E-state index in [1.165, 1.54) is 11.0 Å². The van der Waals surface area contributed by atoms with Gasteiger partial charge < -0.3 is 9.80 Å². The zero-order chi connectivity index (χ0) is 21.1. The van der Waals surface area contributed by atoms with E-state index in [0.29, 0.717) is 17.3 Å². The van der Waals surface area contributed by atoms with Crippen LogP contribution in [0.4, 0.5) is 40.3 Å². The molecule has 12 heteroatoms. The number of rotatable bonds is 3. The molecule has 2 aliphatic heterocycles. The molecule has 0 atom stereocenters. The lowest BCUT2D eigenvalue weighted by Crippen LogP contribution is -2.47. The number of non-ortho nitro benzene ring substituents is 2. The average Bonchev–Trinajstić information content (AvgIpc) is 2.65. The average molecular weight is 412 g/mol. The molecule has 2 aromatic rings. The van der Waals surface area contributed by atoms with Crippen LogP contribution in [0.3, 0.4) is 0 Å². The molecule has 152 valence electrons. The molecule has 0 fully saturated rings. The summed E-state index contributed by atoms with van der Waals surface area (Å²) < 4.78 is 54.4. The third-order valence-electron chi connectivity index (χ3n) is 4.99. The highest BCUT2D eigenvalue weighted by Crippen LogP contribution is 2.47. The minimum absolute atomic E-state index is 0.00566. The van der Waals surface area contributed by atoms with Crippen molar-refractivity contribution in [3.63, 3.8) is 0 Å². The Kier molecular flexibility index (Phi) is 4.10. The molecule has 0 saturated heterocycles. The van der Waals surface area contributed by atoms with Gasteiger partial charge in [0, 0.05) is 59.7 Å². The van der Waals surface area contributed by atoms with Crippen LogP contribution in [0.1, 0.15) is 22.3 Å². The monoisotopic (exact) mass is 412 g/mol. The Morgan fingerprint density at radius 2 is 1.41 bits per heavy atom. The maximum absolute atomic E-state index is 13.6. The highest BCUT2D eigenvalue weighted by Gasteiger charge is 2.42. The summed E-state index contributed by atoms with van der Waals surface area (Å²) >= 11 is 0. The van der Waals surface area contributed by atoms with Crippen LogP contribution in [-0.2, 0) is 25.9 Å². The molecule has 2 bridgehead atoms. The second kappa shape index (κ2) is 6.29. The van der Waals surface area contributed by atoms with Gasteiger partial charge in [-0.2, -0.15) is 13.2 Å². The highest BCUT2D eigenvalue weighted by molar-refractivity contribution is 5.75. The molecule has 0 saturated carbocycles. The SMILES string of the molecule is O=[N+]([O-])c1cc(CF)c2c(c1)CN1CN2Cc2cc([N+](=O)[O-])cc(C(F)(F)F)c21. The Balaban J connectivity index is 1.90. The summed E-state index contributed by atoms with van der Waals surface area (Å²) in [4.78, 5) is 23.6. The van der Waals surface area contributed by atoms with Crippen molar-refractivity contribution < 1.29 is 27.4 Å². The lowest BCUT2D eigenvalue weighted by Gasteiger charge is -2.46. The lowest BCUT2D eigenvalue weighted by atomic mass is 9.95. The van der Waals surface area contributed by atoms with Crippen molar-refractivity contribution in [2.45, 2.75) is 25.9 Å². The van der Waals surface area contributed by atoms with Gasteiger partial charge >= 0.3 is 6.18 Å². The van der Waals surface area contributed by atoms with Crippen LogP contribution in [0.25, 0.3) is 0 Å². The van der Waals surface area contributed by atoms with Crippen molar-refractivity contribution in [3.05, 3.63) is 66.7 Å². The third kappa shape index (κ3) is 3.00. The minimum atomic E-state index is -4.83. The van der Waals surface area contributed by atoms with Gasteiger partial charge in [0.1, 0.15) is 6.67 Å². The Morgan fingerprint density at radius 1 is 0.897 bits per heavy atom. The molecule has 0 amide bonds. The Hall–Kier alpha value is -3.44. The number of halogens is 4. The fourth-order valence-corrected chi connectivity index (χ4v) is 3.99. The van der Waals surface area contributed by atoms with Gasteiger partial charge in [-0.1, -0.05) is 0 Å².